The summed E-state index contributed by atoms with van der Waals surface area (Å²) in [4.78, 5) is 22.1. The molecule has 130 valence electrons. The van der Waals surface area contributed by atoms with Gasteiger partial charge in [0, 0.05) is 13.2 Å². The van der Waals surface area contributed by atoms with E-state index in [1.165, 1.54) is 0 Å². The zero-order chi connectivity index (χ0) is 16.5. The number of esters is 1. The van der Waals surface area contributed by atoms with E-state index in [1.54, 1.807) is 0 Å². The number of ether oxygens (including phenoxy) is 6. The van der Waals surface area contributed by atoms with Gasteiger partial charge in [0.1, 0.15) is 6.61 Å². The van der Waals surface area contributed by atoms with Crippen molar-refractivity contribution in [1.29, 1.82) is 0 Å². The Bertz CT molecular complexity index is 272. The van der Waals surface area contributed by atoms with Gasteiger partial charge < -0.3 is 28.4 Å². The molecule has 1 unspecified atom stereocenters. The van der Waals surface area contributed by atoms with Crippen molar-refractivity contribution in [2.75, 3.05) is 59.5 Å². The SMILES string of the molecule is CCOCCOCCOC(=O)C(COCCOCC)OC=O. The molecule has 0 fully saturated rings. The Hall–Kier alpha value is -1.22. The first-order valence-corrected chi connectivity index (χ1v) is 7.32. The molecule has 0 N–H and O–H groups in total. The second kappa shape index (κ2) is 16.2. The highest BCUT2D eigenvalue weighted by Crippen LogP contribution is 1.97. The van der Waals surface area contributed by atoms with Crippen LogP contribution >= 0.6 is 0 Å². The van der Waals surface area contributed by atoms with E-state index in [2.05, 4.69) is 4.74 Å². The van der Waals surface area contributed by atoms with E-state index in [-0.39, 0.29) is 26.3 Å². The topological polar surface area (TPSA) is 89.5 Å². The maximum Gasteiger partial charge on any atom is 0.349 e. The predicted molar refractivity (Wildman–Crippen MR) is 76.5 cm³/mol. The van der Waals surface area contributed by atoms with Crippen molar-refractivity contribution in [2.24, 2.45) is 0 Å². The van der Waals surface area contributed by atoms with E-state index in [9.17, 15) is 9.59 Å². The van der Waals surface area contributed by atoms with Crippen molar-refractivity contribution < 1.29 is 38.0 Å². The van der Waals surface area contributed by atoms with Crippen molar-refractivity contribution >= 4 is 12.4 Å². The molecule has 0 spiro atoms. The van der Waals surface area contributed by atoms with E-state index < -0.39 is 12.1 Å². The summed E-state index contributed by atoms with van der Waals surface area (Å²) in [5.74, 6) is -0.670. The molecule has 0 radical (unpaired) electrons. The fraction of sp³-hybridized carbons (Fsp3) is 0.857. The minimum atomic E-state index is -1.08. The lowest BCUT2D eigenvalue weighted by atomic mass is 10.4. The minimum absolute atomic E-state index is 0.0720. The molecule has 0 saturated carbocycles. The second-order valence-corrected chi connectivity index (χ2v) is 3.97. The zero-order valence-corrected chi connectivity index (χ0v) is 13.3. The van der Waals surface area contributed by atoms with Gasteiger partial charge in [-0.1, -0.05) is 0 Å². The van der Waals surface area contributed by atoms with Crippen LogP contribution in [0.2, 0.25) is 0 Å². The second-order valence-electron chi connectivity index (χ2n) is 3.97. The van der Waals surface area contributed by atoms with Gasteiger partial charge in [-0.05, 0) is 13.8 Å². The van der Waals surface area contributed by atoms with Gasteiger partial charge >= 0.3 is 5.97 Å². The molecule has 0 aromatic rings. The number of rotatable bonds is 16. The monoisotopic (exact) mass is 322 g/mol. The fourth-order valence-electron chi connectivity index (χ4n) is 1.34. The van der Waals surface area contributed by atoms with Gasteiger partial charge in [-0.25, -0.2) is 4.79 Å². The first kappa shape index (κ1) is 20.8. The molecule has 8 nitrogen and oxygen atoms in total. The molecule has 1 atom stereocenters. The van der Waals surface area contributed by atoms with Crippen LogP contribution in [-0.2, 0) is 38.0 Å². The van der Waals surface area contributed by atoms with Crippen LogP contribution in [0.25, 0.3) is 0 Å². The Morgan fingerprint density at radius 3 is 2.00 bits per heavy atom. The summed E-state index contributed by atoms with van der Waals surface area (Å²) in [5, 5.41) is 0. The Morgan fingerprint density at radius 1 is 0.864 bits per heavy atom. The molecule has 0 amide bonds. The minimum Gasteiger partial charge on any atom is -0.460 e. The van der Waals surface area contributed by atoms with Crippen LogP contribution in [0.1, 0.15) is 13.8 Å². The van der Waals surface area contributed by atoms with Crippen molar-refractivity contribution in [3.8, 4) is 0 Å². The lowest BCUT2D eigenvalue weighted by Crippen LogP contribution is -2.32. The summed E-state index contributed by atoms with van der Waals surface area (Å²) in [6.45, 7) is 7.06. The van der Waals surface area contributed by atoms with Crippen LogP contribution in [0.15, 0.2) is 0 Å². The van der Waals surface area contributed by atoms with Crippen molar-refractivity contribution in [1.82, 2.24) is 0 Å². The smallest absolute Gasteiger partial charge is 0.349 e. The average Bonchev–Trinajstić information content (AvgIpc) is 2.52. The molecule has 0 saturated heterocycles. The maximum absolute atomic E-state index is 11.7. The molecule has 0 aliphatic carbocycles. The molecule has 8 heteroatoms. The molecule has 0 aliphatic rings. The number of carbonyl (C=O) groups is 2. The van der Waals surface area contributed by atoms with E-state index in [0.29, 0.717) is 39.6 Å². The first-order chi connectivity index (χ1) is 10.8. The van der Waals surface area contributed by atoms with Gasteiger partial charge in [-0.2, -0.15) is 0 Å². The van der Waals surface area contributed by atoms with Gasteiger partial charge in [0.25, 0.3) is 6.47 Å². The Balaban J connectivity index is 3.72. The van der Waals surface area contributed by atoms with Gasteiger partial charge in [0.2, 0.25) is 6.10 Å². The molecular weight excluding hydrogens is 296 g/mol. The quantitative estimate of drug-likeness (QED) is 0.226. The van der Waals surface area contributed by atoms with Gasteiger partial charge in [-0.15, -0.1) is 0 Å². The summed E-state index contributed by atoms with van der Waals surface area (Å²) < 4.78 is 30.1. The fourth-order valence-corrected chi connectivity index (χ4v) is 1.34. The summed E-state index contributed by atoms with van der Waals surface area (Å²) in [6.07, 6.45) is -1.08. The van der Waals surface area contributed by atoms with Crippen molar-refractivity contribution in [2.45, 2.75) is 20.0 Å². The molecular formula is C14H26O8. The normalized spacial score (nSPS) is 11.9. The summed E-state index contributed by atoms with van der Waals surface area (Å²) in [6, 6.07) is 0. The first-order valence-electron chi connectivity index (χ1n) is 7.32. The van der Waals surface area contributed by atoms with Crippen LogP contribution < -0.4 is 0 Å². The lowest BCUT2D eigenvalue weighted by Gasteiger charge is -2.14. The maximum atomic E-state index is 11.7. The van der Waals surface area contributed by atoms with Crippen molar-refractivity contribution in [3.05, 3.63) is 0 Å². The van der Waals surface area contributed by atoms with E-state index in [0.717, 1.165) is 0 Å². The van der Waals surface area contributed by atoms with Crippen molar-refractivity contribution in [3.63, 3.8) is 0 Å². The number of hydrogen-bond donors (Lipinski definition) is 0. The van der Waals surface area contributed by atoms with Crippen LogP contribution in [0, 0.1) is 0 Å². The number of carbonyl (C=O) groups excluding carboxylic acids is 2. The Morgan fingerprint density at radius 2 is 1.41 bits per heavy atom. The van der Waals surface area contributed by atoms with Gasteiger partial charge in [0.05, 0.1) is 39.6 Å². The largest absolute Gasteiger partial charge is 0.460 e. The summed E-state index contributed by atoms with van der Waals surface area (Å²) in [5.41, 5.74) is 0. The molecule has 0 aliphatic heterocycles. The van der Waals surface area contributed by atoms with E-state index >= 15 is 0 Å². The molecule has 0 bridgehead atoms. The van der Waals surface area contributed by atoms with E-state index in [4.69, 9.17) is 23.7 Å². The lowest BCUT2D eigenvalue weighted by molar-refractivity contribution is -0.167. The molecule has 0 aromatic heterocycles. The highest BCUT2D eigenvalue weighted by molar-refractivity contribution is 5.76. The molecule has 22 heavy (non-hydrogen) atoms. The molecule has 0 heterocycles. The van der Waals surface area contributed by atoms with Gasteiger partial charge in [0.15, 0.2) is 0 Å². The molecule has 0 rings (SSSR count). The Labute approximate surface area is 130 Å². The highest BCUT2D eigenvalue weighted by atomic mass is 16.6. The van der Waals surface area contributed by atoms with Gasteiger partial charge in [-0.3, -0.25) is 4.79 Å². The van der Waals surface area contributed by atoms with E-state index in [1.807, 2.05) is 13.8 Å². The summed E-state index contributed by atoms with van der Waals surface area (Å²) >= 11 is 0. The van der Waals surface area contributed by atoms with Crippen LogP contribution in [0.4, 0.5) is 0 Å². The summed E-state index contributed by atoms with van der Waals surface area (Å²) in [7, 11) is 0. The Kier molecular flexibility index (Phi) is 15.3. The highest BCUT2D eigenvalue weighted by Gasteiger charge is 2.21. The standard InChI is InChI=1S/C14H26O8/c1-3-17-5-7-19-9-10-21-14(16)13(22-12-15)11-20-8-6-18-4-2/h12-13H,3-11H2,1-2H3. The predicted octanol–water partition coefficient (Wildman–Crippen LogP) is 0.177. The van der Waals surface area contributed by atoms with Crippen LogP contribution in [0.3, 0.4) is 0 Å². The third-order valence-corrected chi connectivity index (χ3v) is 2.38. The molecule has 0 aromatic carbocycles. The van der Waals surface area contributed by atoms with Crippen LogP contribution in [-0.4, -0.2) is 78.0 Å². The third-order valence-electron chi connectivity index (χ3n) is 2.38. The number of hydrogen-bond acceptors (Lipinski definition) is 8. The zero-order valence-electron chi connectivity index (χ0n) is 13.3. The average molecular weight is 322 g/mol. The van der Waals surface area contributed by atoms with Crippen LogP contribution in [0.5, 0.6) is 0 Å². The third kappa shape index (κ3) is 12.5.